The van der Waals surface area contributed by atoms with E-state index in [4.69, 9.17) is 16.3 Å². The van der Waals surface area contributed by atoms with Crippen LogP contribution in [0.1, 0.15) is 21.3 Å². The normalized spacial score (nSPS) is 12.0. The minimum atomic E-state index is -0.196. The highest BCUT2D eigenvalue weighted by molar-refractivity contribution is 7.16. The SMILES string of the molecule is CO[C@H](CNC(=O)c1cccc(N(C)C)c1)c1ccc(Cl)s1. The number of hydrogen-bond acceptors (Lipinski definition) is 4. The van der Waals surface area contributed by atoms with Gasteiger partial charge in [-0.1, -0.05) is 17.7 Å². The van der Waals surface area contributed by atoms with Gasteiger partial charge in [-0.05, 0) is 30.3 Å². The maximum absolute atomic E-state index is 12.3. The van der Waals surface area contributed by atoms with E-state index >= 15 is 0 Å². The summed E-state index contributed by atoms with van der Waals surface area (Å²) in [5.74, 6) is -0.117. The van der Waals surface area contributed by atoms with Gasteiger partial charge in [0, 0.05) is 43.9 Å². The van der Waals surface area contributed by atoms with Crippen molar-refractivity contribution in [2.75, 3.05) is 32.6 Å². The highest BCUT2D eigenvalue weighted by atomic mass is 35.5. The third-order valence-electron chi connectivity index (χ3n) is 3.27. The number of anilines is 1. The second-order valence-electron chi connectivity index (χ2n) is 5.02. The zero-order chi connectivity index (χ0) is 16.1. The molecule has 6 heteroatoms. The molecular weight excluding hydrogens is 320 g/mol. The van der Waals surface area contributed by atoms with Gasteiger partial charge in [-0.2, -0.15) is 0 Å². The van der Waals surface area contributed by atoms with Gasteiger partial charge < -0.3 is 15.0 Å². The van der Waals surface area contributed by atoms with Crippen LogP contribution in [-0.4, -0.2) is 33.7 Å². The molecule has 0 aliphatic rings. The summed E-state index contributed by atoms with van der Waals surface area (Å²) < 4.78 is 6.14. The van der Waals surface area contributed by atoms with Crippen molar-refractivity contribution in [2.45, 2.75) is 6.10 Å². The average Bonchev–Trinajstić information content (AvgIpc) is 2.94. The van der Waals surface area contributed by atoms with Crippen molar-refractivity contribution in [1.82, 2.24) is 5.32 Å². The lowest BCUT2D eigenvalue weighted by Crippen LogP contribution is -2.29. The second-order valence-corrected chi connectivity index (χ2v) is 6.77. The summed E-state index contributed by atoms with van der Waals surface area (Å²) in [6, 6.07) is 11.2. The lowest BCUT2D eigenvalue weighted by Gasteiger charge is -2.16. The van der Waals surface area contributed by atoms with Crippen LogP contribution in [0.5, 0.6) is 0 Å². The number of nitrogens with zero attached hydrogens (tertiary/aromatic N) is 1. The number of halogens is 1. The molecule has 0 aliphatic heterocycles. The molecule has 0 saturated heterocycles. The number of carbonyl (C=O) groups is 1. The molecule has 22 heavy (non-hydrogen) atoms. The standard InChI is InChI=1S/C16H19ClN2O2S/c1-19(2)12-6-4-5-11(9-12)16(20)18-10-13(21-3)14-7-8-15(17)22-14/h4-9,13H,10H2,1-3H3,(H,18,20)/t13-/m1/s1. The largest absolute Gasteiger partial charge is 0.378 e. The number of thiophene rings is 1. The Labute approximate surface area is 139 Å². The zero-order valence-electron chi connectivity index (χ0n) is 12.8. The van der Waals surface area contributed by atoms with E-state index in [-0.39, 0.29) is 12.0 Å². The number of ether oxygens (including phenoxy) is 1. The fourth-order valence-electron chi connectivity index (χ4n) is 2.01. The monoisotopic (exact) mass is 338 g/mol. The van der Waals surface area contributed by atoms with Crippen molar-refractivity contribution < 1.29 is 9.53 Å². The van der Waals surface area contributed by atoms with E-state index in [1.807, 2.05) is 49.3 Å². The van der Waals surface area contributed by atoms with E-state index in [1.165, 1.54) is 11.3 Å². The molecule has 0 unspecified atom stereocenters. The summed E-state index contributed by atoms with van der Waals surface area (Å²) in [5.41, 5.74) is 1.62. The van der Waals surface area contributed by atoms with Gasteiger partial charge in [-0.15, -0.1) is 11.3 Å². The van der Waals surface area contributed by atoms with Crippen LogP contribution in [0, 0.1) is 0 Å². The van der Waals surface area contributed by atoms with Crippen molar-refractivity contribution >= 4 is 34.5 Å². The summed E-state index contributed by atoms with van der Waals surface area (Å²) in [7, 11) is 5.51. The summed E-state index contributed by atoms with van der Waals surface area (Å²) in [5, 5.41) is 2.90. The molecule has 0 aliphatic carbocycles. The van der Waals surface area contributed by atoms with Crippen LogP contribution in [0.3, 0.4) is 0 Å². The van der Waals surface area contributed by atoms with Crippen LogP contribution in [0.15, 0.2) is 36.4 Å². The molecule has 1 aromatic heterocycles. The highest BCUT2D eigenvalue weighted by Crippen LogP contribution is 2.28. The molecule has 0 fully saturated rings. The fourth-order valence-corrected chi connectivity index (χ4v) is 3.15. The maximum atomic E-state index is 12.3. The zero-order valence-corrected chi connectivity index (χ0v) is 14.4. The maximum Gasteiger partial charge on any atom is 0.251 e. The molecule has 4 nitrogen and oxygen atoms in total. The first-order valence-corrected chi connectivity index (χ1v) is 8.04. The van der Waals surface area contributed by atoms with Crippen LogP contribution in [0.25, 0.3) is 0 Å². The number of nitrogens with one attached hydrogen (secondary N) is 1. The summed E-state index contributed by atoms with van der Waals surface area (Å²) in [6.45, 7) is 0.401. The van der Waals surface area contributed by atoms with Crippen LogP contribution >= 0.6 is 22.9 Å². The average molecular weight is 339 g/mol. The third-order valence-corrected chi connectivity index (χ3v) is 4.59. The van der Waals surface area contributed by atoms with Crippen molar-refractivity contribution in [3.05, 3.63) is 51.2 Å². The minimum absolute atomic E-state index is 0.117. The van der Waals surface area contributed by atoms with Gasteiger partial charge >= 0.3 is 0 Å². The van der Waals surface area contributed by atoms with Gasteiger partial charge in [0.25, 0.3) is 5.91 Å². The van der Waals surface area contributed by atoms with Crippen molar-refractivity contribution in [3.63, 3.8) is 0 Å². The Bertz CT molecular complexity index is 643. The number of benzene rings is 1. The predicted octanol–water partition coefficient (Wildman–Crippen LogP) is 3.59. The van der Waals surface area contributed by atoms with Crippen LogP contribution in [-0.2, 0) is 4.74 Å². The lowest BCUT2D eigenvalue weighted by molar-refractivity contribution is 0.0837. The van der Waals surface area contributed by atoms with E-state index in [0.29, 0.717) is 16.4 Å². The highest BCUT2D eigenvalue weighted by Gasteiger charge is 2.15. The molecule has 118 valence electrons. The number of carbonyl (C=O) groups excluding carboxylic acids is 1. The second kappa shape index (κ2) is 7.63. The summed E-state index contributed by atoms with van der Waals surface area (Å²) in [6.07, 6.45) is -0.196. The molecular formula is C16H19ClN2O2S. The van der Waals surface area contributed by atoms with Crippen LogP contribution in [0.2, 0.25) is 4.34 Å². The molecule has 0 bridgehead atoms. The number of hydrogen-bond donors (Lipinski definition) is 1. The van der Waals surface area contributed by atoms with Gasteiger partial charge in [-0.3, -0.25) is 4.79 Å². The lowest BCUT2D eigenvalue weighted by atomic mass is 10.1. The first-order valence-electron chi connectivity index (χ1n) is 6.85. The summed E-state index contributed by atoms with van der Waals surface area (Å²) in [4.78, 5) is 15.2. The Balaban J connectivity index is 2.01. The van der Waals surface area contributed by atoms with E-state index in [1.54, 1.807) is 13.2 Å². The van der Waals surface area contributed by atoms with E-state index < -0.39 is 0 Å². The van der Waals surface area contributed by atoms with Gasteiger partial charge in [0.05, 0.1) is 4.34 Å². The van der Waals surface area contributed by atoms with Crippen molar-refractivity contribution in [3.8, 4) is 0 Å². The minimum Gasteiger partial charge on any atom is -0.378 e. The molecule has 1 amide bonds. The smallest absolute Gasteiger partial charge is 0.251 e. The molecule has 0 spiro atoms. The quantitative estimate of drug-likeness (QED) is 0.875. The number of amides is 1. The molecule has 0 saturated carbocycles. The molecule has 1 heterocycles. The topological polar surface area (TPSA) is 41.6 Å². The van der Waals surface area contributed by atoms with Gasteiger partial charge in [-0.25, -0.2) is 0 Å². The molecule has 1 atom stereocenters. The van der Waals surface area contributed by atoms with E-state index in [2.05, 4.69) is 5.32 Å². The van der Waals surface area contributed by atoms with Gasteiger partial charge in [0.1, 0.15) is 6.10 Å². The van der Waals surface area contributed by atoms with Gasteiger partial charge in [0.15, 0.2) is 0 Å². The van der Waals surface area contributed by atoms with E-state index in [0.717, 1.165) is 10.6 Å². The molecule has 2 rings (SSSR count). The Morgan fingerprint density at radius 1 is 1.36 bits per heavy atom. The predicted molar refractivity (Wildman–Crippen MR) is 92.2 cm³/mol. The molecule has 2 aromatic rings. The molecule has 1 N–H and O–H groups in total. The Morgan fingerprint density at radius 3 is 2.73 bits per heavy atom. The Morgan fingerprint density at radius 2 is 2.14 bits per heavy atom. The number of methoxy groups -OCH3 is 1. The molecule has 0 radical (unpaired) electrons. The van der Waals surface area contributed by atoms with Gasteiger partial charge in [0.2, 0.25) is 0 Å². The Kier molecular flexibility index (Phi) is 5.83. The Hall–Kier alpha value is -1.56. The van der Waals surface area contributed by atoms with Crippen LogP contribution in [0.4, 0.5) is 5.69 Å². The van der Waals surface area contributed by atoms with E-state index in [9.17, 15) is 4.79 Å². The first kappa shape index (κ1) is 16.8. The first-order chi connectivity index (χ1) is 10.5. The van der Waals surface area contributed by atoms with Crippen molar-refractivity contribution in [1.29, 1.82) is 0 Å². The number of rotatable bonds is 6. The fraction of sp³-hybridized carbons (Fsp3) is 0.312. The van der Waals surface area contributed by atoms with Crippen molar-refractivity contribution in [2.24, 2.45) is 0 Å². The van der Waals surface area contributed by atoms with Crippen LogP contribution < -0.4 is 10.2 Å². The molecule has 1 aromatic carbocycles. The summed E-state index contributed by atoms with van der Waals surface area (Å²) >= 11 is 7.39. The third kappa shape index (κ3) is 4.22.